The standard InChI is InChI=1S/C15H11Cl3FN/c16-9-2-3-11-8(5-9)1-4-14(11)20-15-12(17)6-10(19)7-13(15)18/h2-3,5-7,14,20H,1,4H2. The van der Waals surface area contributed by atoms with Crippen molar-refractivity contribution in [2.75, 3.05) is 5.32 Å². The molecule has 0 amide bonds. The van der Waals surface area contributed by atoms with E-state index in [0.717, 1.165) is 17.9 Å². The highest BCUT2D eigenvalue weighted by atomic mass is 35.5. The van der Waals surface area contributed by atoms with Gasteiger partial charge in [0.05, 0.1) is 21.8 Å². The molecule has 0 fully saturated rings. The van der Waals surface area contributed by atoms with E-state index in [1.54, 1.807) is 0 Å². The van der Waals surface area contributed by atoms with E-state index in [1.807, 2.05) is 18.2 Å². The molecule has 1 nitrogen and oxygen atoms in total. The van der Waals surface area contributed by atoms with E-state index in [-0.39, 0.29) is 16.1 Å². The van der Waals surface area contributed by atoms with Crippen LogP contribution in [-0.4, -0.2) is 0 Å². The van der Waals surface area contributed by atoms with Crippen LogP contribution in [0.4, 0.5) is 10.1 Å². The van der Waals surface area contributed by atoms with Crippen molar-refractivity contribution in [2.45, 2.75) is 18.9 Å². The summed E-state index contributed by atoms with van der Waals surface area (Å²) in [5.41, 5.74) is 2.98. The summed E-state index contributed by atoms with van der Waals surface area (Å²) < 4.78 is 13.2. The maximum Gasteiger partial charge on any atom is 0.126 e. The van der Waals surface area contributed by atoms with Crippen molar-refractivity contribution < 1.29 is 4.39 Å². The Kier molecular flexibility index (Phi) is 3.80. The molecule has 1 atom stereocenters. The third kappa shape index (κ3) is 2.60. The molecule has 1 aliphatic rings. The van der Waals surface area contributed by atoms with Crippen LogP contribution in [0.5, 0.6) is 0 Å². The van der Waals surface area contributed by atoms with E-state index in [0.29, 0.717) is 5.69 Å². The van der Waals surface area contributed by atoms with E-state index in [1.165, 1.54) is 23.3 Å². The van der Waals surface area contributed by atoms with Gasteiger partial charge in [0.25, 0.3) is 0 Å². The molecule has 3 rings (SSSR count). The molecule has 0 heterocycles. The molecule has 0 aliphatic heterocycles. The molecule has 1 N–H and O–H groups in total. The van der Waals surface area contributed by atoms with E-state index in [9.17, 15) is 4.39 Å². The largest absolute Gasteiger partial charge is 0.376 e. The number of rotatable bonds is 2. The monoisotopic (exact) mass is 329 g/mol. The first-order chi connectivity index (χ1) is 9.54. The van der Waals surface area contributed by atoms with Gasteiger partial charge in [-0.1, -0.05) is 40.9 Å². The number of hydrogen-bond donors (Lipinski definition) is 1. The van der Waals surface area contributed by atoms with E-state index < -0.39 is 5.82 Å². The molecule has 104 valence electrons. The quantitative estimate of drug-likeness (QED) is 0.724. The molecule has 0 bridgehead atoms. The van der Waals surface area contributed by atoms with Crippen molar-refractivity contribution in [3.8, 4) is 0 Å². The molecule has 5 heteroatoms. The van der Waals surface area contributed by atoms with Crippen molar-refractivity contribution in [1.29, 1.82) is 0 Å². The number of anilines is 1. The summed E-state index contributed by atoms with van der Waals surface area (Å²) in [6.07, 6.45) is 1.88. The Labute approximate surface area is 131 Å². The van der Waals surface area contributed by atoms with Crippen molar-refractivity contribution in [3.05, 3.63) is 62.3 Å². The van der Waals surface area contributed by atoms with Gasteiger partial charge in [-0.05, 0) is 48.2 Å². The molecule has 0 aromatic heterocycles. The van der Waals surface area contributed by atoms with Gasteiger partial charge in [-0.3, -0.25) is 0 Å². The molecule has 1 aliphatic carbocycles. The molecular weight excluding hydrogens is 320 g/mol. The first kappa shape index (κ1) is 14.0. The smallest absolute Gasteiger partial charge is 0.126 e. The zero-order chi connectivity index (χ0) is 14.3. The second kappa shape index (κ2) is 5.44. The molecule has 2 aromatic carbocycles. The summed E-state index contributed by atoms with van der Waals surface area (Å²) in [7, 11) is 0. The Morgan fingerprint density at radius 1 is 1.05 bits per heavy atom. The molecule has 0 radical (unpaired) electrons. The lowest BCUT2D eigenvalue weighted by molar-refractivity contribution is 0.628. The highest BCUT2D eigenvalue weighted by Gasteiger charge is 2.24. The first-order valence-electron chi connectivity index (χ1n) is 6.24. The van der Waals surface area contributed by atoms with Crippen LogP contribution in [0.3, 0.4) is 0 Å². The first-order valence-corrected chi connectivity index (χ1v) is 7.37. The molecule has 1 unspecified atom stereocenters. The summed E-state index contributed by atoms with van der Waals surface area (Å²) >= 11 is 18.1. The lowest BCUT2D eigenvalue weighted by Gasteiger charge is -2.18. The molecule has 20 heavy (non-hydrogen) atoms. The summed E-state index contributed by atoms with van der Waals surface area (Å²) in [5, 5.41) is 4.62. The Hall–Kier alpha value is -0.960. The predicted molar refractivity (Wildman–Crippen MR) is 82.6 cm³/mol. The summed E-state index contributed by atoms with van der Waals surface area (Å²) in [6, 6.07) is 8.48. The van der Waals surface area contributed by atoms with Gasteiger partial charge in [-0.15, -0.1) is 0 Å². The zero-order valence-electron chi connectivity index (χ0n) is 10.4. The van der Waals surface area contributed by atoms with Crippen molar-refractivity contribution in [2.24, 2.45) is 0 Å². The molecule has 2 aromatic rings. The fraction of sp³-hybridized carbons (Fsp3) is 0.200. The normalized spacial score (nSPS) is 17.1. The summed E-state index contributed by atoms with van der Waals surface area (Å²) in [6.45, 7) is 0. The number of fused-ring (bicyclic) bond motifs is 1. The van der Waals surface area contributed by atoms with Gasteiger partial charge in [-0.2, -0.15) is 0 Å². The lowest BCUT2D eigenvalue weighted by atomic mass is 10.1. The predicted octanol–water partition coefficient (Wildman–Crippen LogP) is 5.89. The maximum absolute atomic E-state index is 13.2. The zero-order valence-corrected chi connectivity index (χ0v) is 12.7. The van der Waals surface area contributed by atoms with E-state index in [2.05, 4.69) is 5.32 Å². The Bertz CT molecular complexity index is 649. The minimum absolute atomic E-state index is 0.114. The Morgan fingerprint density at radius 3 is 2.45 bits per heavy atom. The highest BCUT2D eigenvalue weighted by Crippen LogP contribution is 2.39. The second-order valence-corrected chi connectivity index (χ2v) is 6.07. The van der Waals surface area contributed by atoms with Crippen molar-refractivity contribution >= 4 is 40.5 Å². The van der Waals surface area contributed by atoms with Crippen LogP contribution in [-0.2, 0) is 6.42 Å². The van der Waals surface area contributed by atoms with Gasteiger partial charge in [-0.25, -0.2) is 4.39 Å². The maximum atomic E-state index is 13.2. The number of benzene rings is 2. The van der Waals surface area contributed by atoms with E-state index in [4.69, 9.17) is 34.8 Å². The van der Waals surface area contributed by atoms with Crippen LogP contribution in [0.2, 0.25) is 15.1 Å². The minimum atomic E-state index is -0.441. The average Bonchev–Trinajstić information content (AvgIpc) is 2.76. The Morgan fingerprint density at radius 2 is 1.75 bits per heavy atom. The van der Waals surface area contributed by atoms with Gasteiger partial charge in [0.1, 0.15) is 5.82 Å². The van der Waals surface area contributed by atoms with Gasteiger partial charge in [0, 0.05) is 5.02 Å². The third-order valence-corrected chi connectivity index (χ3v) is 4.34. The molecule has 0 saturated heterocycles. The minimum Gasteiger partial charge on any atom is -0.376 e. The third-order valence-electron chi connectivity index (χ3n) is 3.51. The molecule has 0 saturated carbocycles. The SMILES string of the molecule is Fc1cc(Cl)c(NC2CCc3cc(Cl)ccc32)c(Cl)c1. The number of halogens is 4. The van der Waals surface area contributed by atoms with Crippen molar-refractivity contribution in [1.82, 2.24) is 0 Å². The second-order valence-electron chi connectivity index (χ2n) is 4.82. The van der Waals surface area contributed by atoms with Crippen LogP contribution < -0.4 is 5.32 Å². The Balaban J connectivity index is 1.91. The van der Waals surface area contributed by atoms with Gasteiger partial charge >= 0.3 is 0 Å². The summed E-state index contributed by atoms with van der Waals surface area (Å²) in [4.78, 5) is 0. The van der Waals surface area contributed by atoms with Crippen LogP contribution >= 0.6 is 34.8 Å². The number of hydrogen-bond acceptors (Lipinski definition) is 1. The van der Waals surface area contributed by atoms with Gasteiger partial charge in [0.15, 0.2) is 0 Å². The van der Waals surface area contributed by atoms with E-state index >= 15 is 0 Å². The average molecular weight is 331 g/mol. The van der Waals surface area contributed by atoms with Crippen LogP contribution in [0.25, 0.3) is 0 Å². The van der Waals surface area contributed by atoms with Crippen molar-refractivity contribution in [3.63, 3.8) is 0 Å². The number of aryl methyl sites for hydroxylation is 1. The fourth-order valence-electron chi connectivity index (χ4n) is 2.59. The highest BCUT2D eigenvalue weighted by molar-refractivity contribution is 6.39. The fourth-order valence-corrected chi connectivity index (χ4v) is 3.35. The van der Waals surface area contributed by atoms with Gasteiger partial charge < -0.3 is 5.32 Å². The summed E-state index contributed by atoms with van der Waals surface area (Å²) in [5.74, 6) is -0.441. The van der Waals surface area contributed by atoms with Gasteiger partial charge in [0.2, 0.25) is 0 Å². The number of nitrogens with one attached hydrogen (secondary N) is 1. The van der Waals surface area contributed by atoms with Crippen LogP contribution in [0.1, 0.15) is 23.6 Å². The molecular formula is C15H11Cl3FN. The lowest BCUT2D eigenvalue weighted by Crippen LogP contribution is -2.08. The van der Waals surface area contributed by atoms with Crippen LogP contribution in [0, 0.1) is 5.82 Å². The topological polar surface area (TPSA) is 12.0 Å². The van der Waals surface area contributed by atoms with Crippen LogP contribution in [0.15, 0.2) is 30.3 Å². The molecule has 0 spiro atoms.